The van der Waals surface area contributed by atoms with Gasteiger partial charge in [0, 0.05) is 11.3 Å². The molecule has 1 unspecified atom stereocenters. The van der Waals surface area contributed by atoms with Crippen molar-refractivity contribution in [3.63, 3.8) is 0 Å². The minimum atomic E-state index is 0.627. The molecule has 2 nitrogen and oxygen atoms in total. The average molecular weight is 214 g/mol. The number of piperidine rings is 1. The van der Waals surface area contributed by atoms with Gasteiger partial charge in [-0.25, -0.2) is 0 Å². The van der Waals surface area contributed by atoms with Gasteiger partial charge >= 0.3 is 0 Å². The zero-order valence-corrected chi connectivity index (χ0v) is 9.96. The highest BCUT2D eigenvalue weighted by Gasteiger charge is 2.41. The fraction of sp³-hybridized carbons (Fsp3) is 1.00. The van der Waals surface area contributed by atoms with E-state index in [2.05, 4.69) is 16.9 Å². The molecule has 0 radical (unpaired) electrons. The Balaban J connectivity index is 1.58. The summed E-state index contributed by atoms with van der Waals surface area (Å²) in [7, 11) is 0. The Bertz CT molecular complexity index is 174. The van der Waals surface area contributed by atoms with Crippen molar-refractivity contribution in [1.82, 2.24) is 10.6 Å². The van der Waals surface area contributed by atoms with Gasteiger partial charge in [-0.1, -0.05) is 0 Å². The summed E-state index contributed by atoms with van der Waals surface area (Å²) < 4.78 is 0.627. The van der Waals surface area contributed by atoms with Crippen molar-refractivity contribution >= 4 is 11.8 Å². The Morgan fingerprint density at radius 3 is 2.93 bits per heavy atom. The summed E-state index contributed by atoms with van der Waals surface area (Å²) >= 11 is 2.05. The first-order chi connectivity index (χ1) is 6.85. The fourth-order valence-corrected chi connectivity index (χ4v) is 2.95. The molecule has 0 spiro atoms. The van der Waals surface area contributed by atoms with Gasteiger partial charge in [0.2, 0.25) is 0 Å². The second-order valence-electron chi connectivity index (χ2n) is 4.73. The molecule has 0 aromatic rings. The number of nitrogens with one attached hydrogen (secondary N) is 2. The van der Waals surface area contributed by atoms with Crippen LogP contribution in [-0.2, 0) is 0 Å². The fourth-order valence-electron chi connectivity index (χ4n) is 2.19. The minimum Gasteiger partial charge on any atom is -0.316 e. The summed E-state index contributed by atoms with van der Waals surface area (Å²) in [6.45, 7) is 4.89. The summed E-state index contributed by atoms with van der Waals surface area (Å²) in [5.41, 5.74) is 0. The summed E-state index contributed by atoms with van der Waals surface area (Å²) in [4.78, 5) is 0. The Morgan fingerprint density at radius 1 is 1.50 bits per heavy atom. The van der Waals surface area contributed by atoms with Crippen molar-refractivity contribution in [2.24, 2.45) is 5.92 Å². The quantitative estimate of drug-likeness (QED) is 0.725. The molecule has 2 N–H and O–H groups in total. The number of hydrogen-bond acceptors (Lipinski definition) is 3. The predicted molar refractivity (Wildman–Crippen MR) is 63.9 cm³/mol. The second-order valence-corrected chi connectivity index (χ2v) is 6.00. The van der Waals surface area contributed by atoms with Crippen LogP contribution in [-0.4, -0.2) is 37.2 Å². The number of rotatable bonds is 5. The molecular weight excluding hydrogens is 192 g/mol. The summed E-state index contributed by atoms with van der Waals surface area (Å²) in [5.74, 6) is 0.876. The van der Waals surface area contributed by atoms with Gasteiger partial charge in [0.25, 0.3) is 0 Å². The first-order valence-corrected chi connectivity index (χ1v) is 7.04. The maximum Gasteiger partial charge on any atom is 0.0282 e. The highest BCUT2D eigenvalue weighted by atomic mass is 32.2. The van der Waals surface area contributed by atoms with E-state index >= 15 is 0 Å². The van der Waals surface area contributed by atoms with Crippen LogP contribution in [0.4, 0.5) is 0 Å². The summed E-state index contributed by atoms with van der Waals surface area (Å²) in [5, 5.41) is 7.11. The molecule has 2 rings (SSSR count). The molecule has 0 amide bonds. The van der Waals surface area contributed by atoms with Gasteiger partial charge in [-0.15, -0.1) is 0 Å². The first-order valence-electron chi connectivity index (χ1n) is 5.81. The van der Waals surface area contributed by atoms with Crippen LogP contribution >= 0.6 is 11.8 Å². The highest BCUT2D eigenvalue weighted by Crippen LogP contribution is 2.46. The molecule has 0 bridgehead atoms. The molecule has 0 aromatic carbocycles. The van der Waals surface area contributed by atoms with Crippen LogP contribution in [0.2, 0.25) is 0 Å². The lowest BCUT2D eigenvalue weighted by atomic mass is 10.00. The van der Waals surface area contributed by atoms with Gasteiger partial charge in [-0.3, -0.25) is 0 Å². The van der Waals surface area contributed by atoms with Gasteiger partial charge in [0.05, 0.1) is 0 Å². The van der Waals surface area contributed by atoms with Gasteiger partial charge < -0.3 is 10.6 Å². The van der Waals surface area contributed by atoms with Crippen molar-refractivity contribution in [3.8, 4) is 0 Å². The predicted octanol–water partition coefficient (Wildman–Crippen LogP) is 1.47. The lowest BCUT2D eigenvalue weighted by Gasteiger charge is -2.24. The molecule has 1 heterocycles. The smallest absolute Gasteiger partial charge is 0.0282 e. The SMILES string of the molecule is CSC1(CNCC2CCCNC2)CC1. The van der Waals surface area contributed by atoms with E-state index in [1.807, 2.05) is 11.8 Å². The van der Waals surface area contributed by atoms with Crippen LogP contribution < -0.4 is 10.6 Å². The lowest BCUT2D eigenvalue weighted by Crippen LogP contribution is -2.38. The zero-order chi connectivity index (χ0) is 9.86. The Labute approximate surface area is 91.6 Å². The van der Waals surface area contributed by atoms with Crippen LogP contribution in [0.25, 0.3) is 0 Å². The molecule has 0 aromatic heterocycles. The normalized spacial score (nSPS) is 30.2. The van der Waals surface area contributed by atoms with E-state index in [0.717, 1.165) is 5.92 Å². The van der Waals surface area contributed by atoms with E-state index in [1.165, 1.54) is 51.9 Å². The molecule has 1 saturated heterocycles. The standard InChI is InChI=1S/C11H22N2S/c1-14-11(4-5-11)9-13-8-10-3-2-6-12-7-10/h10,12-13H,2-9H2,1H3. The van der Waals surface area contributed by atoms with Crippen molar-refractivity contribution in [2.75, 3.05) is 32.4 Å². The monoisotopic (exact) mass is 214 g/mol. The van der Waals surface area contributed by atoms with Crippen molar-refractivity contribution in [1.29, 1.82) is 0 Å². The van der Waals surface area contributed by atoms with E-state index in [4.69, 9.17) is 0 Å². The summed E-state index contributed by atoms with van der Waals surface area (Å²) in [6, 6.07) is 0. The maximum atomic E-state index is 3.65. The van der Waals surface area contributed by atoms with Crippen LogP contribution in [0.15, 0.2) is 0 Å². The largest absolute Gasteiger partial charge is 0.316 e. The van der Waals surface area contributed by atoms with Crippen molar-refractivity contribution < 1.29 is 0 Å². The second kappa shape index (κ2) is 4.86. The molecule has 1 aliphatic carbocycles. The summed E-state index contributed by atoms with van der Waals surface area (Å²) in [6.07, 6.45) is 7.86. The van der Waals surface area contributed by atoms with E-state index in [0.29, 0.717) is 4.75 Å². The Kier molecular flexibility index (Phi) is 3.74. The third kappa shape index (κ3) is 2.88. The van der Waals surface area contributed by atoms with E-state index in [9.17, 15) is 0 Å². The first kappa shape index (κ1) is 10.8. The molecule has 3 heteroatoms. The molecule has 14 heavy (non-hydrogen) atoms. The topological polar surface area (TPSA) is 24.1 Å². The molecule has 1 aliphatic heterocycles. The van der Waals surface area contributed by atoms with Gasteiger partial charge in [0.15, 0.2) is 0 Å². The number of hydrogen-bond donors (Lipinski definition) is 2. The number of thioether (sulfide) groups is 1. The van der Waals surface area contributed by atoms with E-state index < -0.39 is 0 Å². The van der Waals surface area contributed by atoms with Gasteiger partial charge in [-0.2, -0.15) is 11.8 Å². The molecular formula is C11H22N2S. The van der Waals surface area contributed by atoms with Crippen molar-refractivity contribution in [2.45, 2.75) is 30.4 Å². The average Bonchev–Trinajstić information content (AvgIpc) is 3.00. The van der Waals surface area contributed by atoms with Crippen LogP contribution in [0, 0.1) is 5.92 Å². The lowest BCUT2D eigenvalue weighted by molar-refractivity contribution is 0.360. The van der Waals surface area contributed by atoms with Crippen molar-refractivity contribution in [3.05, 3.63) is 0 Å². The highest BCUT2D eigenvalue weighted by molar-refractivity contribution is 8.00. The van der Waals surface area contributed by atoms with E-state index in [1.54, 1.807) is 0 Å². The minimum absolute atomic E-state index is 0.627. The van der Waals surface area contributed by atoms with Gasteiger partial charge in [-0.05, 0) is 57.5 Å². The van der Waals surface area contributed by atoms with Crippen LogP contribution in [0.5, 0.6) is 0 Å². The van der Waals surface area contributed by atoms with E-state index in [-0.39, 0.29) is 0 Å². The maximum absolute atomic E-state index is 3.65. The molecule has 1 atom stereocenters. The third-order valence-corrected chi connectivity index (χ3v) is 4.94. The molecule has 2 fully saturated rings. The third-order valence-electron chi connectivity index (χ3n) is 3.52. The van der Waals surface area contributed by atoms with Crippen LogP contribution in [0.3, 0.4) is 0 Å². The Morgan fingerprint density at radius 2 is 2.36 bits per heavy atom. The molecule has 2 aliphatic rings. The molecule has 82 valence electrons. The zero-order valence-electron chi connectivity index (χ0n) is 9.14. The van der Waals surface area contributed by atoms with Gasteiger partial charge in [0.1, 0.15) is 0 Å². The Hall–Kier alpha value is 0.270. The molecule has 1 saturated carbocycles. The van der Waals surface area contributed by atoms with Crippen LogP contribution in [0.1, 0.15) is 25.7 Å².